The van der Waals surface area contributed by atoms with E-state index in [0.717, 1.165) is 0 Å². The number of nitrogens with zero attached hydrogens (tertiary/aromatic N) is 2. The van der Waals surface area contributed by atoms with E-state index in [-0.39, 0.29) is 6.61 Å². The Bertz CT molecular complexity index is 666. The lowest BCUT2D eigenvalue weighted by molar-refractivity contribution is 0.300. The van der Waals surface area contributed by atoms with Gasteiger partial charge in [-0.1, -0.05) is 0 Å². The third-order valence-electron chi connectivity index (χ3n) is 2.55. The van der Waals surface area contributed by atoms with Gasteiger partial charge in [0.05, 0.1) is 23.3 Å². The number of hydrogen-bond acceptors (Lipinski definition) is 3. The predicted octanol–water partition coefficient (Wildman–Crippen LogP) is 3.15. The summed E-state index contributed by atoms with van der Waals surface area (Å²) in [5, 5.41) is 17.4. The SMILES string of the molecule is N#Cc1ccc(OCc2cc(C#N)ccc2F)cc1. The maximum atomic E-state index is 13.5. The van der Waals surface area contributed by atoms with Crippen molar-refractivity contribution in [2.75, 3.05) is 0 Å². The fourth-order valence-corrected chi connectivity index (χ4v) is 1.54. The van der Waals surface area contributed by atoms with Gasteiger partial charge in [0.25, 0.3) is 0 Å². The number of nitriles is 2. The van der Waals surface area contributed by atoms with Gasteiger partial charge in [-0.15, -0.1) is 0 Å². The van der Waals surface area contributed by atoms with Gasteiger partial charge >= 0.3 is 0 Å². The summed E-state index contributed by atoms with van der Waals surface area (Å²) >= 11 is 0. The molecule has 2 rings (SSSR count). The zero-order valence-electron chi connectivity index (χ0n) is 9.93. The average Bonchev–Trinajstić information content (AvgIpc) is 2.47. The highest BCUT2D eigenvalue weighted by Crippen LogP contribution is 2.16. The monoisotopic (exact) mass is 252 g/mol. The molecule has 0 saturated carbocycles. The van der Waals surface area contributed by atoms with Crippen molar-refractivity contribution in [3.8, 4) is 17.9 Å². The van der Waals surface area contributed by atoms with Gasteiger partial charge in [0, 0.05) is 5.56 Å². The Balaban J connectivity index is 2.10. The molecule has 0 radical (unpaired) electrons. The Morgan fingerprint density at radius 1 is 0.947 bits per heavy atom. The number of halogens is 1. The molecule has 2 aromatic rings. The first-order valence-corrected chi connectivity index (χ1v) is 5.54. The second kappa shape index (κ2) is 5.66. The fraction of sp³-hybridized carbons (Fsp3) is 0.0667. The van der Waals surface area contributed by atoms with Crippen LogP contribution in [0.5, 0.6) is 5.75 Å². The van der Waals surface area contributed by atoms with Crippen LogP contribution in [0.1, 0.15) is 16.7 Å². The van der Waals surface area contributed by atoms with Crippen molar-refractivity contribution in [1.82, 2.24) is 0 Å². The summed E-state index contributed by atoms with van der Waals surface area (Å²) in [4.78, 5) is 0. The van der Waals surface area contributed by atoms with E-state index in [0.29, 0.717) is 22.4 Å². The van der Waals surface area contributed by atoms with Crippen molar-refractivity contribution >= 4 is 0 Å². The van der Waals surface area contributed by atoms with Gasteiger partial charge in [0.1, 0.15) is 18.2 Å². The minimum atomic E-state index is -0.410. The van der Waals surface area contributed by atoms with E-state index in [1.54, 1.807) is 24.3 Å². The molecule has 2 aromatic carbocycles. The van der Waals surface area contributed by atoms with Crippen LogP contribution in [0.3, 0.4) is 0 Å². The van der Waals surface area contributed by atoms with Crippen molar-refractivity contribution < 1.29 is 9.13 Å². The van der Waals surface area contributed by atoms with Gasteiger partial charge in [-0.2, -0.15) is 10.5 Å². The van der Waals surface area contributed by atoms with Crippen molar-refractivity contribution in [2.24, 2.45) is 0 Å². The molecule has 0 aliphatic heterocycles. The molecule has 0 heterocycles. The molecule has 0 atom stereocenters. The van der Waals surface area contributed by atoms with Crippen LogP contribution in [0.25, 0.3) is 0 Å². The largest absolute Gasteiger partial charge is 0.489 e. The van der Waals surface area contributed by atoms with Crippen LogP contribution in [-0.2, 0) is 6.61 Å². The van der Waals surface area contributed by atoms with Crippen LogP contribution in [0.4, 0.5) is 4.39 Å². The summed E-state index contributed by atoms with van der Waals surface area (Å²) in [5.41, 5.74) is 1.24. The highest BCUT2D eigenvalue weighted by Gasteiger charge is 2.04. The Hall–Kier alpha value is -2.85. The van der Waals surface area contributed by atoms with E-state index in [1.807, 2.05) is 12.1 Å². The highest BCUT2D eigenvalue weighted by molar-refractivity contribution is 5.36. The first kappa shape index (κ1) is 12.6. The lowest BCUT2D eigenvalue weighted by Gasteiger charge is -2.07. The molecule has 19 heavy (non-hydrogen) atoms. The topological polar surface area (TPSA) is 56.8 Å². The molecule has 0 unspecified atom stereocenters. The first-order chi connectivity index (χ1) is 9.22. The Morgan fingerprint density at radius 2 is 1.58 bits per heavy atom. The van der Waals surface area contributed by atoms with Crippen molar-refractivity contribution in [1.29, 1.82) is 10.5 Å². The van der Waals surface area contributed by atoms with Crippen LogP contribution in [0, 0.1) is 28.5 Å². The summed E-state index contributed by atoms with van der Waals surface area (Å²) < 4.78 is 18.9. The summed E-state index contributed by atoms with van der Waals surface area (Å²) in [7, 11) is 0. The van der Waals surface area contributed by atoms with E-state index < -0.39 is 5.82 Å². The maximum Gasteiger partial charge on any atom is 0.129 e. The highest BCUT2D eigenvalue weighted by atomic mass is 19.1. The number of rotatable bonds is 3. The molecule has 0 aliphatic rings. The van der Waals surface area contributed by atoms with E-state index in [2.05, 4.69) is 0 Å². The van der Waals surface area contributed by atoms with E-state index in [4.69, 9.17) is 15.3 Å². The van der Waals surface area contributed by atoms with Gasteiger partial charge in [-0.05, 0) is 42.5 Å². The molecule has 0 fully saturated rings. The van der Waals surface area contributed by atoms with E-state index in [1.165, 1.54) is 18.2 Å². The van der Waals surface area contributed by atoms with Gasteiger partial charge in [0.15, 0.2) is 0 Å². The smallest absolute Gasteiger partial charge is 0.129 e. The minimum Gasteiger partial charge on any atom is -0.489 e. The van der Waals surface area contributed by atoms with Gasteiger partial charge in [0.2, 0.25) is 0 Å². The molecule has 0 spiro atoms. The number of benzene rings is 2. The second-order valence-electron chi connectivity index (χ2n) is 3.84. The van der Waals surface area contributed by atoms with Crippen LogP contribution in [0.2, 0.25) is 0 Å². The minimum absolute atomic E-state index is 0.0350. The van der Waals surface area contributed by atoms with Crippen LogP contribution < -0.4 is 4.74 Å². The van der Waals surface area contributed by atoms with E-state index in [9.17, 15) is 4.39 Å². The second-order valence-corrected chi connectivity index (χ2v) is 3.84. The Labute approximate surface area is 110 Å². The standard InChI is InChI=1S/C15H9FN2O/c16-15-6-3-12(9-18)7-13(15)10-19-14-4-1-11(8-17)2-5-14/h1-7H,10H2. The lowest BCUT2D eigenvalue weighted by atomic mass is 10.1. The average molecular weight is 252 g/mol. The van der Waals surface area contributed by atoms with Gasteiger partial charge < -0.3 is 4.74 Å². The lowest BCUT2D eigenvalue weighted by Crippen LogP contribution is -1.99. The van der Waals surface area contributed by atoms with Crippen LogP contribution >= 0.6 is 0 Å². The molecule has 0 aliphatic carbocycles. The number of ether oxygens (including phenoxy) is 1. The van der Waals surface area contributed by atoms with Crippen molar-refractivity contribution in [2.45, 2.75) is 6.61 Å². The molecular weight excluding hydrogens is 243 g/mol. The molecule has 3 nitrogen and oxygen atoms in total. The quantitative estimate of drug-likeness (QED) is 0.843. The number of hydrogen-bond donors (Lipinski definition) is 0. The molecule has 0 bridgehead atoms. The zero-order chi connectivity index (χ0) is 13.7. The van der Waals surface area contributed by atoms with Crippen molar-refractivity contribution in [3.05, 3.63) is 65.0 Å². The van der Waals surface area contributed by atoms with E-state index >= 15 is 0 Å². The van der Waals surface area contributed by atoms with Gasteiger partial charge in [-0.3, -0.25) is 0 Å². The Morgan fingerprint density at radius 3 is 2.21 bits per heavy atom. The van der Waals surface area contributed by atoms with Gasteiger partial charge in [-0.25, -0.2) is 4.39 Å². The Kier molecular flexibility index (Phi) is 3.75. The molecule has 0 N–H and O–H groups in total. The molecule has 0 aromatic heterocycles. The molecular formula is C15H9FN2O. The van der Waals surface area contributed by atoms with Crippen LogP contribution in [-0.4, -0.2) is 0 Å². The molecule has 92 valence electrons. The summed E-state index contributed by atoms with van der Waals surface area (Å²) in [6.45, 7) is 0.0350. The summed E-state index contributed by atoms with van der Waals surface area (Å²) in [6, 6.07) is 14.6. The maximum absolute atomic E-state index is 13.5. The predicted molar refractivity (Wildman–Crippen MR) is 66.6 cm³/mol. The van der Waals surface area contributed by atoms with Crippen LogP contribution in [0.15, 0.2) is 42.5 Å². The molecule has 0 saturated heterocycles. The third-order valence-corrected chi connectivity index (χ3v) is 2.55. The van der Waals surface area contributed by atoms with Crippen molar-refractivity contribution in [3.63, 3.8) is 0 Å². The zero-order valence-corrected chi connectivity index (χ0v) is 9.93. The fourth-order valence-electron chi connectivity index (χ4n) is 1.54. The first-order valence-electron chi connectivity index (χ1n) is 5.54. The normalized spacial score (nSPS) is 9.42. The molecule has 4 heteroatoms. The summed E-state index contributed by atoms with van der Waals surface area (Å²) in [5.74, 6) is 0.133. The summed E-state index contributed by atoms with van der Waals surface area (Å²) in [6.07, 6.45) is 0. The third kappa shape index (κ3) is 3.08. The molecule has 0 amide bonds.